The normalized spacial score (nSPS) is 20.4. The number of nitriles is 1. The van der Waals surface area contributed by atoms with Crippen molar-refractivity contribution < 1.29 is 9.53 Å². The molecule has 2 aliphatic rings. The molecule has 3 rings (SSSR count). The minimum atomic E-state index is -0.0344. The highest BCUT2D eigenvalue weighted by Gasteiger charge is 2.33. The Morgan fingerprint density at radius 3 is 3.19 bits per heavy atom. The van der Waals surface area contributed by atoms with Crippen molar-refractivity contribution in [1.29, 1.82) is 5.26 Å². The van der Waals surface area contributed by atoms with Crippen molar-refractivity contribution in [2.24, 2.45) is 0 Å². The molecule has 0 aliphatic carbocycles. The highest BCUT2D eigenvalue weighted by Crippen LogP contribution is 2.33. The van der Waals surface area contributed by atoms with Crippen LogP contribution in [-0.4, -0.2) is 48.1 Å². The lowest BCUT2D eigenvalue weighted by atomic mass is 10.1. The van der Waals surface area contributed by atoms with Gasteiger partial charge in [0.25, 0.3) is 0 Å². The Bertz CT molecular complexity index is 623. The summed E-state index contributed by atoms with van der Waals surface area (Å²) < 4.78 is 5.73. The van der Waals surface area contributed by atoms with E-state index in [0.29, 0.717) is 37.6 Å². The van der Waals surface area contributed by atoms with E-state index < -0.39 is 0 Å². The van der Waals surface area contributed by atoms with Gasteiger partial charge in [-0.15, -0.1) is 0 Å². The smallest absolute Gasteiger partial charge is 0.246 e. The number of ether oxygens (including phenoxy) is 1. The van der Waals surface area contributed by atoms with E-state index in [1.807, 2.05) is 4.90 Å². The number of anilines is 1. The fourth-order valence-electron chi connectivity index (χ4n) is 2.84. The number of rotatable bonds is 1. The first-order valence-electron chi connectivity index (χ1n) is 6.94. The van der Waals surface area contributed by atoms with Crippen LogP contribution in [0.25, 0.3) is 0 Å². The van der Waals surface area contributed by atoms with Crippen LogP contribution in [0.5, 0.6) is 5.75 Å². The van der Waals surface area contributed by atoms with Gasteiger partial charge in [-0.2, -0.15) is 5.26 Å². The standard InChI is InChI=1S/C15H16N4O2/c1-2-14(20)18-4-5-19-12(10-18)3-6-21-13-7-11(8-16)9-17-15(13)19/h2,7,9,12H,1,3-6,10H2/t12-/m0/s1. The van der Waals surface area contributed by atoms with Crippen LogP contribution in [0.1, 0.15) is 12.0 Å². The van der Waals surface area contributed by atoms with E-state index in [9.17, 15) is 4.79 Å². The molecular weight excluding hydrogens is 268 g/mol. The molecule has 0 radical (unpaired) electrons. The van der Waals surface area contributed by atoms with Crippen LogP contribution in [0.3, 0.4) is 0 Å². The number of hydrogen-bond acceptors (Lipinski definition) is 5. The van der Waals surface area contributed by atoms with Gasteiger partial charge in [0, 0.05) is 38.3 Å². The largest absolute Gasteiger partial charge is 0.490 e. The fraction of sp³-hybridized carbons (Fsp3) is 0.400. The highest BCUT2D eigenvalue weighted by molar-refractivity contribution is 5.87. The molecule has 1 amide bonds. The van der Waals surface area contributed by atoms with Crippen molar-refractivity contribution >= 4 is 11.7 Å². The third-order valence-electron chi connectivity index (χ3n) is 3.91. The molecule has 3 heterocycles. The maximum atomic E-state index is 11.8. The number of carbonyl (C=O) groups excluding carboxylic acids is 1. The van der Waals surface area contributed by atoms with E-state index >= 15 is 0 Å². The lowest BCUT2D eigenvalue weighted by Crippen LogP contribution is -2.54. The van der Waals surface area contributed by atoms with Crippen LogP contribution >= 0.6 is 0 Å². The van der Waals surface area contributed by atoms with Crippen molar-refractivity contribution in [2.45, 2.75) is 12.5 Å². The maximum absolute atomic E-state index is 11.8. The van der Waals surface area contributed by atoms with E-state index in [1.54, 1.807) is 12.3 Å². The second-order valence-corrected chi connectivity index (χ2v) is 5.13. The van der Waals surface area contributed by atoms with E-state index in [1.165, 1.54) is 6.08 Å². The highest BCUT2D eigenvalue weighted by atomic mass is 16.5. The summed E-state index contributed by atoms with van der Waals surface area (Å²) in [6.07, 6.45) is 3.74. The molecule has 6 nitrogen and oxygen atoms in total. The van der Waals surface area contributed by atoms with Crippen LogP contribution in [0.2, 0.25) is 0 Å². The third kappa shape index (κ3) is 2.42. The molecule has 21 heavy (non-hydrogen) atoms. The molecule has 1 saturated heterocycles. The number of carbonyl (C=O) groups is 1. The first-order chi connectivity index (χ1) is 10.2. The van der Waals surface area contributed by atoms with Gasteiger partial charge in [0.05, 0.1) is 18.2 Å². The van der Waals surface area contributed by atoms with Gasteiger partial charge in [-0.3, -0.25) is 4.79 Å². The predicted octanol–water partition coefficient (Wildman–Crippen LogP) is 0.939. The Morgan fingerprint density at radius 2 is 2.43 bits per heavy atom. The minimum Gasteiger partial charge on any atom is -0.490 e. The summed E-state index contributed by atoms with van der Waals surface area (Å²) in [7, 11) is 0. The SMILES string of the molecule is C=CC(=O)N1CCN2c3ncc(C#N)cc3OCC[C@H]2C1. The molecule has 0 N–H and O–H groups in total. The molecule has 1 fully saturated rings. The van der Waals surface area contributed by atoms with Gasteiger partial charge in [0.2, 0.25) is 5.91 Å². The number of amides is 1. The number of fused-ring (bicyclic) bond motifs is 3. The molecule has 1 aromatic heterocycles. The van der Waals surface area contributed by atoms with E-state index in [4.69, 9.17) is 10.00 Å². The monoisotopic (exact) mass is 284 g/mol. The topological polar surface area (TPSA) is 69.5 Å². The zero-order chi connectivity index (χ0) is 14.8. The number of piperazine rings is 1. The zero-order valence-electron chi connectivity index (χ0n) is 11.7. The number of nitrogens with zero attached hydrogens (tertiary/aromatic N) is 4. The Balaban J connectivity index is 1.88. The average Bonchev–Trinajstić information content (AvgIpc) is 2.71. The van der Waals surface area contributed by atoms with Crippen molar-refractivity contribution in [2.75, 3.05) is 31.1 Å². The first kappa shape index (κ1) is 13.4. The number of aromatic nitrogens is 1. The van der Waals surface area contributed by atoms with Gasteiger partial charge < -0.3 is 14.5 Å². The molecule has 0 spiro atoms. The van der Waals surface area contributed by atoms with Crippen LogP contribution in [0, 0.1) is 11.3 Å². The van der Waals surface area contributed by atoms with E-state index in [2.05, 4.69) is 22.5 Å². The van der Waals surface area contributed by atoms with Crippen molar-refractivity contribution in [3.8, 4) is 11.8 Å². The van der Waals surface area contributed by atoms with Crippen LogP contribution < -0.4 is 9.64 Å². The van der Waals surface area contributed by atoms with Crippen LogP contribution in [0.4, 0.5) is 5.82 Å². The zero-order valence-corrected chi connectivity index (χ0v) is 11.7. The second kappa shape index (κ2) is 5.44. The quantitative estimate of drug-likeness (QED) is 0.718. The summed E-state index contributed by atoms with van der Waals surface area (Å²) in [6, 6.07) is 3.99. The molecule has 0 saturated carbocycles. The van der Waals surface area contributed by atoms with Gasteiger partial charge in [0.15, 0.2) is 11.6 Å². The van der Waals surface area contributed by atoms with E-state index in [0.717, 1.165) is 12.2 Å². The molecule has 0 aromatic carbocycles. The summed E-state index contributed by atoms with van der Waals surface area (Å²) in [5.41, 5.74) is 0.493. The Hall–Kier alpha value is -2.55. The Kier molecular flexibility index (Phi) is 3.48. The molecule has 108 valence electrons. The van der Waals surface area contributed by atoms with Crippen molar-refractivity contribution in [3.63, 3.8) is 0 Å². The molecule has 0 unspecified atom stereocenters. The number of hydrogen-bond donors (Lipinski definition) is 0. The Morgan fingerprint density at radius 1 is 1.57 bits per heavy atom. The lowest BCUT2D eigenvalue weighted by Gasteiger charge is -2.40. The molecule has 6 heteroatoms. The maximum Gasteiger partial charge on any atom is 0.246 e. The summed E-state index contributed by atoms with van der Waals surface area (Å²) in [4.78, 5) is 20.1. The van der Waals surface area contributed by atoms with Gasteiger partial charge in [-0.1, -0.05) is 6.58 Å². The molecule has 0 bridgehead atoms. The summed E-state index contributed by atoms with van der Waals surface area (Å²) in [5, 5.41) is 8.95. The second-order valence-electron chi connectivity index (χ2n) is 5.13. The van der Waals surface area contributed by atoms with Crippen molar-refractivity contribution in [1.82, 2.24) is 9.88 Å². The summed E-state index contributed by atoms with van der Waals surface area (Å²) >= 11 is 0. The average molecular weight is 284 g/mol. The Labute approximate surface area is 123 Å². The minimum absolute atomic E-state index is 0.0344. The molecule has 2 aliphatic heterocycles. The van der Waals surface area contributed by atoms with Crippen LogP contribution in [0.15, 0.2) is 24.9 Å². The van der Waals surface area contributed by atoms with E-state index in [-0.39, 0.29) is 11.9 Å². The lowest BCUT2D eigenvalue weighted by molar-refractivity contribution is -0.126. The summed E-state index contributed by atoms with van der Waals surface area (Å²) in [5.74, 6) is 1.38. The van der Waals surface area contributed by atoms with Gasteiger partial charge in [-0.25, -0.2) is 4.98 Å². The van der Waals surface area contributed by atoms with Gasteiger partial charge >= 0.3 is 0 Å². The van der Waals surface area contributed by atoms with Crippen LogP contribution in [-0.2, 0) is 4.79 Å². The van der Waals surface area contributed by atoms with Gasteiger partial charge in [-0.05, 0) is 6.08 Å². The molecule has 1 atom stereocenters. The van der Waals surface area contributed by atoms with Crippen molar-refractivity contribution in [3.05, 3.63) is 30.5 Å². The molecular formula is C15H16N4O2. The summed E-state index contributed by atoms with van der Waals surface area (Å²) in [6.45, 7) is 6.09. The fourth-order valence-corrected chi connectivity index (χ4v) is 2.84. The first-order valence-corrected chi connectivity index (χ1v) is 6.94. The molecule has 1 aromatic rings. The number of pyridine rings is 1. The third-order valence-corrected chi connectivity index (χ3v) is 3.91. The van der Waals surface area contributed by atoms with Gasteiger partial charge in [0.1, 0.15) is 6.07 Å². The predicted molar refractivity (Wildman–Crippen MR) is 77.0 cm³/mol.